The van der Waals surface area contributed by atoms with Gasteiger partial charge in [0, 0.05) is 26.2 Å². The molecule has 0 radical (unpaired) electrons. The molecule has 0 unspecified atom stereocenters. The molecule has 8 heteroatoms. The number of amides is 1. The SMILES string of the molecule is CC(C)(C)OC(=O)N1CCN(c2c(F)cc(CCN)c(F)c2F)CC1. The third kappa shape index (κ3) is 4.56. The molecule has 2 rings (SSSR count). The van der Waals surface area contributed by atoms with Gasteiger partial charge in [-0.3, -0.25) is 0 Å². The van der Waals surface area contributed by atoms with Crippen LogP contribution in [0.1, 0.15) is 26.3 Å². The fourth-order valence-electron chi connectivity index (χ4n) is 2.70. The van der Waals surface area contributed by atoms with E-state index in [2.05, 4.69) is 0 Å². The lowest BCUT2D eigenvalue weighted by Gasteiger charge is -2.37. The minimum Gasteiger partial charge on any atom is -0.444 e. The van der Waals surface area contributed by atoms with Gasteiger partial charge in [0.1, 0.15) is 17.1 Å². The van der Waals surface area contributed by atoms with Gasteiger partial charge in [-0.2, -0.15) is 0 Å². The normalized spacial score (nSPS) is 15.5. The molecule has 5 nitrogen and oxygen atoms in total. The number of anilines is 1. The highest BCUT2D eigenvalue weighted by atomic mass is 19.2. The van der Waals surface area contributed by atoms with E-state index in [-0.39, 0.29) is 44.7 Å². The standard InChI is InChI=1S/C17H24F3N3O2/c1-17(2,3)25-16(24)23-8-6-22(7-9-23)15-12(18)10-11(4-5-21)13(19)14(15)20/h10H,4-9,21H2,1-3H3. The first-order valence-corrected chi connectivity index (χ1v) is 8.23. The Labute approximate surface area is 145 Å². The van der Waals surface area contributed by atoms with Crippen molar-refractivity contribution in [3.8, 4) is 0 Å². The highest BCUT2D eigenvalue weighted by molar-refractivity contribution is 5.68. The number of halogens is 3. The molecule has 1 aliphatic heterocycles. The molecule has 140 valence electrons. The van der Waals surface area contributed by atoms with Gasteiger partial charge in [-0.05, 0) is 45.4 Å². The highest BCUT2D eigenvalue weighted by Gasteiger charge is 2.29. The van der Waals surface area contributed by atoms with E-state index in [1.54, 1.807) is 20.8 Å². The summed E-state index contributed by atoms with van der Waals surface area (Å²) in [5.41, 5.74) is 4.23. The Bertz CT molecular complexity index is 639. The first-order chi connectivity index (χ1) is 11.6. The Kier molecular flexibility index (Phi) is 5.82. The van der Waals surface area contributed by atoms with Gasteiger partial charge in [0.2, 0.25) is 0 Å². The van der Waals surface area contributed by atoms with Gasteiger partial charge >= 0.3 is 6.09 Å². The second-order valence-electron chi connectivity index (χ2n) is 6.99. The largest absolute Gasteiger partial charge is 0.444 e. The summed E-state index contributed by atoms with van der Waals surface area (Å²) >= 11 is 0. The third-order valence-corrected chi connectivity index (χ3v) is 3.87. The summed E-state index contributed by atoms with van der Waals surface area (Å²) in [5, 5.41) is 0. The number of ether oxygens (including phenoxy) is 1. The maximum absolute atomic E-state index is 14.3. The maximum atomic E-state index is 14.3. The number of rotatable bonds is 3. The van der Waals surface area contributed by atoms with E-state index < -0.39 is 34.8 Å². The van der Waals surface area contributed by atoms with Crippen LogP contribution >= 0.6 is 0 Å². The molecule has 1 saturated heterocycles. The summed E-state index contributed by atoms with van der Waals surface area (Å²) in [7, 11) is 0. The Morgan fingerprint density at radius 3 is 2.28 bits per heavy atom. The Morgan fingerprint density at radius 1 is 1.16 bits per heavy atom. The summed E-state index contributed by atoms with van der Waals surface area (Å²) in [6, 6.07) is 0.987. The van der Waals surface area contributed by atoms with Crippen molar-refractivity contribution in [2.75, 3.05) is 37.6 Å². The zero-order chi connectivity index (χ0) is 18.8. The van der Waals surface area contributed by atoms with Gasteiger partial charge in [0.25, 0.3) is 0 Å². The van der Waals surface area contributed by atoms with Crippen molar-refractivity contribution in [1.82, 2.24) is 4.90 Å². The van der Waals surface area contributed by atoms with E-state index in [9.17, 15) is 18.0 Å². The quantitative estimate of drug-likeness (QED) is 0.843. The van der Waals surface area contributed by atoms with Gasteiger partial charge in [-0.25, -0.2) is 18.0 Å². The van der Waals surface area contributed by atoms with E-state index in [1.807, 2.05) is 0 Å². The molecule has 1 aromatic carbocycles. The van der Waals surface area contributed by atoms with Crippen LogP contribution in [0.4, 0.5) is 23.7 Å². The fraction of sp³-hybridized carbons (Fsp3) is 0.588. The molecule has 1 heterocycles. The molecular weight excluding hydrogens is 335 g/mol. The number of nitrogens with two attached hydrogens (primary N) is 1. The van der Waals surface area contributed by atoms with Crippen LogP contribution in [0, 0.1) is 17.5 Å². The van der Waals surface area contributed by atoms with Crippen LogP contribution in [0.3, 0.4) is 0 Å². The molecule has 0 spiro atoms. The lowest BCUT2D eigenvalue weighted by molar-refractivity contribution is 0.0240. The minimum atomic E-state index is -1.21. The number of carbonyl (C=O) groups is 1. The molecule has 1 fully saturated rings. The summed E-state index contributed by atoms with van der Waals surface area (Å²) < 4.78 is 47.9. The highest BCUT2D eigenvalue weighted by Crippen LogP contribution is 2.29. The monoisotopic (exact) mass is 359 g/mol. The maximum Gasteiger partial charge on any atom is 0.410 e. The van der Waals surface area contributed by atoms with Crippen molar-refractivity contribution < 1.29 is 22.7 Å². The van der Waals surface area contributed by atoms with Gasteiger partial charge in [0.15, 0.2) is 11.6 Å². The van der Waals surface area contributed by atoms with Crippen molar-refractivity contribution in [1.29, 1.82) is 0 Å². The van der Waals surface area contributed by atoms with E-state index in [0.29, 0.717) is 0 Å². The summed E-state index contributed by atoms with van der Waals surface area (Å²) in [6.45, 7) is 6.22. The molecule has 0 aliphatic carbocycles. The van der Waals surface area contributed by atoms with Crippen LogP contribution in [0.5, 0.6) is 0 Å². The zero-order valence-corrected chi connectivity index (χ0v) is 14.7. The van der Waals surface area contributed by atoms with Crippen LogP contribution in [0.2, 0.25) is 0 Å². The number of piperazine rings is 1. The molecule has 25 heavy (non-hydrogen) atoms. The molecule has 2 N–H and O–H groups in total. The number of hydrogen-bond acceptors (Lipinski definition) is 4. The molecule has 1 amide bonds. The molecule has 1 aromatic rings. The Balaban J connectivity index is 2.11. The van der Waals surface area contributed by atoms with Gasteiger partial charge < -0.3 is 20.3 Å². The van der Waals surface area contributed by atoms with Crippen LogP contribution in [0.15, 0.2) is 6.07 Å². The van der Waals surface area contributed by atoms with Crippen molar-refractivity contribution in [2.24, 2.45) is 5.73 Å². The van der Waals surface area contributed by atoms with Gasteiger partial charge in [-0.15, -0.1) is 0 Å². The van der Waals surface area contributed by atoms with E-state index >= 15 is 0 Å². The zero-order valence-electron chi connectivity index (χ0n) is 14.7. The molecule has 0 aromatic heterocycles. The topological polar surface area (TPSA) is 58.8 Å². The Morgan fingerprint density at radius 2 is 1.76 bits per heavy atom. The number of carbonyl (C=O) groups excluding carboxylic acids is 1. The molecule has 0 saturated carbocycles. The van der Waals surface area contributed by atoms with E-state index in [0.717, 1.165) is 6.07 Å². The number of nitrogens with zero attached hydrogens (tertiary/aromatic N) is 2. The van der Waals surface area contributed by atoms with Gasteiger partial charge in [0.05, 0.1) is 0 Å². The number of benzene rings is 1. The van der Waals surface area contributed by atoms with E-state index in [4.69, 9.17) is 10.5 Å². The van der Waals surface area contributed by atoms with Crippen molar-refractivity contribution in [2.45, 2.75) is 32.8 Å². The fourth-order valence-corrected chi connectivity index (χ4v) is 2.70. The smallest absolute Gasteiger partial charge is 0.410 e. The van der Waals surface area contributed by atoms with Crippen LogP contribution in [0.25, 0.3) is 0 Å². The lowest BCUT2D eigenvalue weighted by atomic mass is 10.1. The van der Waals surface area contributed by atoms with Crippen molar-refractivity contribution in [3.63, 3.8) is 0 Å². The second kappa shape index (κ2) is 7.51. The van der Waals surface area contributed by atoms with Crippen LogP contribution < -0.4 is 10.6 Å². The van der Waals surface area contributed by atoms with Gasteiger partial charge in [-0.1, -0.05) is 0 Å². The average Bonchev–Trinajstić information content (AvgIpc) is 2.51. The first-order valence-electron chi connectivity index (χ1n) is 8.23. The Hall–Kier alpha value is -1.96. The predicted octanol–water partition coefficient (Wildman–Crippen LogP) is 2.66. The van der Waals surface area contributed by atoms with Crippen LogP contribution in [-0.2, 0) is 11.2 Å². The summed E-state index contributed by atoms with van der Waals surface area (Å²) in [5.74, 6) is -3.11. The molecule has 0 bridgehead atoms. The lowest BCUT2D eigenvalue weighted by Crippen LogP contribution is -2.50. The molecular formula is C17H24F3N3O2. The number of hydrogen-bond donors (Lipinski definition) is 1. The van der Waals surface area contributed by atoms with Crippen molar-refractivity contribution >= 4 is 11.8 Å². The average molecular weight is 359 g/mol. The predicted molar refractivity (Wildman–Crippen MR) is 89.1 cm³/mol. The second-order valence-corrected chi connectivity index (χ2v) is 6.99. The third-order valence-electron chi connectivity index (χ3n) is 3.87. The van der Waals surface area contributed by atoms with E-state index in [1.165, 1.54) is 9.80 Å². The molecule has 0 atom stereocenters. The van der Waals surface area contributed by atoms with Crippen LogP contribution in [-0.4, -0.2) is 49.3 Å². The molecule has 1 aliphatic rings. The minimum absolute atomic E-state index is 0.0619. The summed E-state index contributed by atoms with van der Waals surface area (Å²) in [6.07, 6.45) is -0.413. The first kappa shape index (κ1) is 19.4. The van der Waals surface area contributed by atoms with Crippen molar-refractivity contribution in [3.05, 3.63) is 29.1 Å². The summed E-state index contributed by atoms with van der Waals surface area (Å²) in [4.78, 5) is 14.9.